The number of hydrogen-bond donors (Lipinski definition) is 0. The number of para-hydroxylation sites is 3. The summed E-state index contributed by atoms with van der Waals surface area (Å²) in [4.78, 5) is 9.79. The molecule has 3 heterocycles. The summed E-state index contributed by atoms with van der Waals surface area (Å²) in [5.74, 6) is 0.791. The van der Waals surface area contributed by atoms with Gasteiger partial charge >= 0.3 is 0 Å². The van der Waals surface area contributed by atoms with E-state index in [1.165, 1.54) is 11.3 Å². The molecule has 0 bridgehead atoms. The first-order valence-corrected chi connectivity index (χ1v) is 25.1. The Morgan fingerprint density at radius 3 is 1.91 bits per heavy atom. The summed E-state index contributed by atoms with van der Waals surface area (Å²) >= 11 is 0. The quantitative estimate of drug-likeness (QED) is 0.118. The molecule has 6 heteroatoms. The molecule has 0 fully saturated rings. The molecule has 0 aliphatic rings. The van der Waals surface area contributed by atoms with E-state index in [4.69, 9.17) is 13.5 Å². The molecule has 65 heavy (non-hydrogen) atoms. The van der Waals surface area contributed by atoms with Crippen LogP contribution in [0.1, 0.15) is 15.2 Å². The molecule has 0 amide bonds. The molecule has 0 saturated carbocycles. The largest absolute Gasteiger partial charge is 0.501 e. The molecule has 0 saturated heterocycles. The van der Waals surface area contributed by atoms with Crippen LogP contribution in [-0.2, 0) is 20.1 Å². The standard InChI is InChI=1S/C44H29N2O.C15H18NSi.Ir/c1-29-24-26-37(43-41(29)36-27-25-33(28-40(36)47-43)30-14-5-2-6-15-30)44-45-38-22-11-12-23-39(38)46(44)42-34(31-16-7-3-8-17-31)20-13-21-35(42)32-18-9-4-10-19-32;1-12-5-7-13(8-6-12)15-10-9-14(11-16-15)17(2,3)4;/h2-25,27-28H,1H3;5-7,9-11H,1-4H3;/q2*-1;/i;1D3;. The topological polar surface area (TPSA) is 43.9 Å². The van der Waals surface area contributed by atoms with Crippen molar-refractivity contribution < 1.29 is 28.6 Å². The first kappa shape index (κ1) is 39.6. The maximum Gasteiger partial charge on any atom is 0.121 e. The Balaban J connectivity index is 0.000000232. The Morgan fingerprint density at radius 1 is 0.631 bits per heavy atom. The van der Waals surface area contributed by atoms with Crippen molar-refractivity contribution in [2.45, 2.75) is 33.4 Å². The average molecular weight is 1040 g/mol. The van der Waals surface area contributed by atoms with Gasteiger partial charge in [0.15, 0.2) is 0 Å². The Labute approximate surface area is 399 Å². The van der Waals surface area contributed by atoms with Crippen molar-refractivity contribution in [1.29, 1.82) is 0 Å². The molecule has 3 aromatic heterocycles. The second-order valence-corrected chi connectivity index (χ2v) is 22.2. The normalized spacial score (nSPS) is 12.2. The number of pyridine rings is 1. The van der Waals surface area contributed by atoms with Crippen molar-refractivity contribution in [3.05, 3.63) is 218 Å². The predicted molar refractivity (Wildman–Crippen MR) is 270 cm³/mol. The SMILES string of the molecule is Cc1c[c-]c(-c2nc3ccccc3n2-c2c(-c3ccccc3)cccc2-c2ccccc2)c2oc3cc(-c4ccccc4)ccc3c12.[2H]C([2H])([2H])c1c[c-]c(-c2ccc([Si](C)(C)C)cn2)cc1.[Ir]. The predicted octanol–water partition coefficient (Wildman–Crippen LogP) is 15.1. The number of aryl methyl sites for hydroxylation is 2. The van der Waals surface area contributed by atoms with Gasteiger partial charge in [-0.25, -0.2) is 0 Å². The first-order chi connectivity index (χ1) is 32.4. The van der Waals surface area contributed by atoms with E-state index in [1.807, 2.05) is 24.4 Å². The number of furan rings is 1. The maximum atomic E-state index is 7.35. The summed E-state index contributed by atoms with van der Waals surface area (Å²) in [5, 5.41) is 3.48. The molecule has 11 aromatic rings. The monoisotopic (exact) mass is 1040 g/mol. The Kier molecular flexibility index (Phi) is 11.1. The number of nitrogens with zero attached hydrogens (tertiary/aromatic N) is 3. The van der Waals surface area contributed by atoms with Crippen LogP contribution in [0.2, 0.25) is 19.6 Å². The van der Waals surface area contributed by atoms with Crippen LogP contribution < -0.4 is 5.19 Å². The van der Waals surface area contributed by atoms with Crippen molar-refractivity contribution in [2.75, 3.05) is 0 Å². The molecule has 0 spiro atoms. The third kappa shape index (κ3) is 8.57. The van der Waals surface area contributed by atoms with Gasteiger partial charge in [0.2, 0.25) is 0 Å². The van der Waals surface area contributed by atoms with Gasteiger partial charge in [-0.3, -0.25) is 4.98 Å². The van der Waals surface area contributed by atoms with Crippen molar-refractivity contribution >= 4 is 46.2 Å². The summed E-state index contributed by atoms with van der Waals surface area (Å²) in [6.07, 6.45) is 1.92. The van der Waals surface area contributed by atoms with Crippen molar-refractivity contribution in [1.82, 2.24) is 14.5 Å². The zero-order valence-electron chi connectivity index (χ0n) is 39.6. The van der Waals surface area contributed by atoms with Gasteiger partial charge < -0.3 is 14.0 Å². The average Bonchev–Trinajstić information content (AvgIpc) is 3.94. The van der Waals surface area contributed by atoms with E-state index in [9.17, 15) is 0 Å². The molecule has 4 nitrogen and oxygen atoms in total. The fourth-order valence-corrected chi connectivity index (χ4v) is 9.48. The Hall–Kier alpha value is -6.95. The second kappa shape index (κ2) is 18.3. The third-order valence-corrected chi connectivity index (χ3v) is 13.8. The summed E-state index contributed by atoms with van der Waals surface area (Å²) in [6, 6.07) is 70.7. The van der Waals surface area contributed by atoms with Gasteiger partial charge in [-0.15, -0.1) is 53.1 Å². The van der Waals surface area contributed by atoms with E-state index in [-0.39, 0.29) is 20.1 Å². The minimum atomic E-state index is -2.08. The van der Waals surface area contributed by atoms with E-state index in [2.05, 4.69) is 200 Å². The van der Waals surface area contributed by atoms with Crippen LogP contribution in [0.15, 0.2) is 199 Å². The van der Waals surface area contributed by atoms with Gasteiger partial charge in [0.25, 0.3) is 0 Å². The minimum Gasteiger partial charge on any atom is -0.501 e. The van der Waals surface area contributed by atoms with E-state index in [0.717, 1.165) is 100 Å². The van der Waals surface area contributed by atoms with E-state index >= 15 is 0 Å². The van der Waals surface area contributed by atoms with Gasteiger partial charge in [-0.05, 0) is 51.3 Å². The smallest absolute Gasteiger partial charge is 0.121 e. The molecular weight excluding hydrogens is 987 g/mol. The minimum absolute atomic E-state index is 0. The van der Waals surface area contributed by atoms with Crippen molar-refractivity contribution in [3.8, 4) is 61.7 Å². The molecule has 1 radical (unpaired) electrons. The zero-order valence-corrected chi connectivity index (χ0v) is 40.0. The van der Waals surface area contributed by atoms with Crippen LogP contribution in [0.4, 0.5) is 0 Å². The number of hydrogen-bond acceptors (Lipinski definition) is 3. The Bertz CT molecular complexity index is 3420. The first-order valence-electron chi connectivity index (χ1n) is 23.1. The molecule has 0 unspecified atom stereocenters. The molecule has 8 aromatic carbocycles. The second-order valence-electron chi connectivity index (χ2n) is 17.1. The van der Waals surface area contributed by atoms with Gasteiger partial charge in [0.1, 0.15) is 5.58 Å². The van der Waals surface area contributed by atoms with Crippen LogP contribution in [0.5, 0.6) is 0 Å². The number of rotatable bonds is 7. The summed E-state index contributed by atoms with van der Waals surface area (Å²) in [7, 11) is -1.34. The molecule has 11 rings (SSSR count). The van der Waals surface area contributed by atoms with Crippen LogP contribution in [0.25, 0.3) is 94.7 Å². The number of benzene rings is 8. The molecule has 319 valence electrons. The molecule has 0 N–H and O–H groups in total. The summed E-state index contributed by atoms with van der Waals surface area (Å²) in [6.45, 7) is 6.89. The van der Waals surface area contributed by atoms with Gasteiger partial charge in [-0.1, -0.05) is 190 Å². The Morgan fingerprint density at radius 2 is 1.29 bits per heavy atom. The van der Waals surface area contributed by atoms with Gasteiger partial charge in [0, 0.05) is 46.9 Å². The van der Waals surface area contributed by atoms with Crippen LogP contribution in [0, 0.1) is 25.9 Å². The number of fused-ring (bicyclic) bond motifs is 4. The van der Waals surface area contributed by atoms with Crippen LogP contribution >= 0.6 is 0 Å². The molecule has 0 aliphatic heterocycles. The zero-order chi connectivity index (χ0) is 46.3. The number of imidazole rings is 1. The maximum absolute atomic E-state index is 7.35. The molecule has 0 aliphatic carbocycles. The van der Waals surface area contributed by atoms with E-state index in [0.29, 0.717) is 5.56 Å². The van der Waals surface area contributed by atoms with Crippen molar-refractivity contribution in [3.63, 3.8) is 0 Å². The molecular formula is C59H47IrN3OSi-2. The van der Waals surface area contributed by atoms with E-state index < -0.39 is 14.9 Å². The summed E-state index contributed by atoms with van der Waals surface area (Å²) in [5.41, 5.74) is 15.3. The van der Waals surface area contributed by atoms with Gasteiger partial charge in [0.05, 0.1) is 36.2 Å². The fraction of sp³-hybridized carbons (Fsp3) is 0.0847. The summed E-state index contributed by atoms with van der Waals surface area (Å²) < 4.78 is 31.2. The van der Waals surface area contributed by atoms with E-state index in [1.54, 1.807) is 12.1 Å². The fourth-order valence-electron chi connectivity index (χ4n) is 8.45. The molecule has 0 atom stereocenters. The number of aromatic nitrogens is 3. The van der Waals surface area contributed by atoms with Gasteiger partial charge in [-0.2, -0.15) is 0 Å². The third-order valence-electron chi connectivity index (χ3n) is 11.8. The van der Waals surface area contributed by atoms with Crippen LogP contribution in [0.3, 0.4) is 0 Å². The van der Waals surface area contributed by atoms with Crippen LogP contribution in [-0.4, -0.2) is 22.6 Å². The van der Waals surface area contributed by atoms with Crippen molar-refractivity contribution in [2.24, 2.45) is 0 Å².